The highest BCUT2D eigenvalue weighted by atomic mass is 19.1. The molecule has 0 radical (unpaired) electrons. The van der Waals surface area contributed by atoms with Gasteiger partial charge in [0.05, 0.1) is 13.7 Å². The van der Waals surface area contributed by atoms with E-state index in [1.54, 1.807) is 25.3 Å². The molecule has 0 bridgehead atoms. The first-order chi connectivity index (χ1) is 25.1. The van der Waals surface area contributed by atoms with Crippen molar-refractivity contribution in [3.8, 4) is 23.1 Å². The van der Waals surface area contributed by atoms with Gasteiger partial charge in [-0.2, -0.15) is 4.98 Å². The fraction of sp³-hybridized carbons (Fsp3) is 0.425. The summed E-state index contributed by atoms with van der Waals surface area (Å²) in [4.78, 5) is 29.7. The van der Waals surface area contributed by atoms with E-state index in [9.17, 15) is 4.79 Å². The number of methoxy groups -OCH3 is 1. The van der Waals surface area contributed by atoms with E-state index in [1.807, 2.05) is 44.2 Å². The van der Waals surface area contributed by atoms with Crippen LogP contribution in [-0.4, -0.2) is 104 Å². The van der Waals surface area contributed by atoms with Gasteiger partial charge >= 0.3 is 0 Å². The Bertz CT molecular complexity index is 1780. The van der Waals surface area contributed by atoms with E-state index in [-0.39, 0.29) is 23.1 Å². The summed E-state index contributed by atoms with van der Waals surface area (Å²) in [5, 5.41) is 6.03. The average molecular weight is 714 g/mol. The molecule has 0 atom stereocenters. The molecular formula is C40H52FN7O4. The van der Waals surface area contributed by atoms with E-state index in [0.29, 0.717) is 29.5 Å². The van der Waals surface area contributed by atoms with Crippen molar-refractivity contribution in [1.29, 1.82) is 0 Å². The zero-order chi connectivity index (χ0) is 37.0. The normalized spacial score (nSPS) is 13.6. The number of rotatable bonds is 17. The van der Waals surface area contributed by atoms with Crippen LogP contribution in [-0.2, 0) is 6.42 Å². The van der Waals surface area contributed by atoms with Gasteiger partial charge in [-0.25, -0.2) is 9.37 Å². The van der Waals surface area contributed by atoms with Crippen LogP contribution >= 0.6 is 0 Å². The third-order valence-electron chi connectivity index (χ3n) is 9.08. The molecule has 2 heterocycles. The summed E-state index contributed by atoms with van der Waals surface area (Å²) < 4.78 is 32.8. The molecule has 1 aliphatic rings. The van der Waals surface area contributed by atoms with Crippen LogP contribution in [0, 0.1) is 19.7 Å². The van der Waals surface area contributed by atoms with Gasteiger partial charge in [0, 0.05) is 69.5 Å². The van der Waals surface area contributed by atoms with Crippen molar-refractivity contribution in [3.05, 3.63) is 88.9 Å². The van der Waals surface area contributed by atoms with Gasteiger partial charge in [-0.05, 0) is 81.7 Å². The minimum atomic E-state index is -0.502. The molecule has 1 amide bonds. The third kappa shape index (κ3) is 10.6. The quantitative estimate of drug-likeness (QED) is 0.112. The Labute approximate surface area is 307 Å². The number of nitrogens with zero attached hydrogens (tertiary/aromatic N) is 5. The smallest absolute Gasteiger partial charge is 0.262 e. The molecule has 12 heteroatoms. The molecule has 3 aromatic carbocycles. The topological polar surface area (TPSA) is 104 Å². The number of carbonyl (C=O) groups excluding carboxylic acids is 1. The lowest BCUT2D eigenvalue weighted by atomic mass is 10.1. The van der Waals surface area contributed by atoms with E-state index in [4.69, 9.17) is 14.2 Å². The summed E-state index contributed by atoms with van der Waals surface area (Å²) in [6.45, 7) is 13.7. The summed E-state index contributed by atoms with van der Waals surface area (Å²) in [5.74, 6) is 0.279. The number of piperazine rings is 1. The van der Waals surface area contributed by atoms with Crippen molar-refractivity contribution >= 4 is 23.2 Å². The molecule has 278 valence electrons. The summed E-state index contributed by atoms with van der Waals surface area (Å²) in [5.41, 5.74) is 4.17. The predicted molar refractivity (Wildman–Crippen MR) is 204 cm³/mol. The molecule has 1 aliphatic heterocycles. The van der Waals surface area contributed by atoms with Crippen molar-refractivity contribution in [2.75, 3.05) is 84.3 Å². The van der Waals surface area contributed by atoms with Crippen LogP contribution in [0.3, 0.4) is 0 Å². The molecule has 5 rings (SSSR count). The van der Waals surface area contributed by atoms with Gasteiger partial charge in [-0.1, -0.05) is 37.6 Å². The number of hydrogen-bond acceptors (Lipinski definition) is 10. The van der Waals surface area contributed by atoms with Crippen molar-refractivity contribution in [2.24, 2.45) is 0 Å². The zero-order valence-electron chi connectivity index (χ0n) is 31.3. The maximum absolute atomic E-state index is 15.2. The van der Waals surface area contributed by atoms with Crippen LogP contribution in [0.2, 0.25) is 0 Å². The second kappa shape index (κ2) is 18.6. The van der Waals surface area contributed by atoms with Gasteiger partial charge in [0.25, 0.3) is 5.91 Å². The standard InChI is InChI=1S/C40H52FN7O4/c1-7-10-30-13-15-35(36(25-30)50-6)52-39-32(38(49)44-37-28(2)11-8-12-29(37)3)27-42-40(45-39)43-31-14-16-34(33(41)26-31)51-24-9-17-47-20-22-48(23-21-47)19-18-46(4)5/h8,11-16,25-27H,7,9-10,17-24H2,1-6H3,(H,44,49)(H,42,43,45). The number of likely N-dealkylation sites (N-methyl/N-ethyl adjacent to an activating group) is 1. The van der Waals surface area contributed by atoms with Crippen LogP contribution in [0.5, 0.6) is 23.1 Å². The molecule has 2 N–H and O–H groups in total. The number of aromatic nitrogens is 2. The Balaban J connectivity index is 1.25. The minimum absolute atomic E-state index is 0.0122. The maximum atomic E-state index is 15.2. The summed E-state index contributed by atoms with van der Waals surface area (Å²) in [7, 11) is 5.77. The van der Waals surface area contributed by atoms with Crippen LogP contribution in [0.1, 0.15) is 46.8 Å². The Hall–Kier alpha value is -4.78. The summed E-state index contributed by atoms with van der Waals surface area (Å²) in [6, 6.07) is 16.1. The number of aryl methyl sites for hydroxylation is 3. The average Bonchev–Trinajstić information content (AvgIpc) is 3.13. The number of nitrogens with one attached hydrogen (secondary N) is 2. The SMILES string of the molecule is CCCc1ccc(Oc2nc(Nc3ccc(OCCCN4CCN(CCN(C)C)CC4)c(F)c3)ncc2C(=O)Nc2c(C)cccc2C)c(OC)c1. The van der Waals surface area contributed by atoms with E-state index in [0.717, 1.165) is 81.8 Å². The molecule has 0 saturated carbocycles. The number of anilines is 3. The molecule has 11 nitrogen and oxygen atoms in total. The Morgan fingerprint density at radius 1 is 0.942 bits per heavy atom. The highest BCUT2D eigenvalue weighted by Gasteiger charge is 2.21. The van der Waals surface area contributed by atoms with Gasteiger partial charge in [-0.3, -0.25) is 9.69 Å². The van der Waals surface area contributed by atoms with Gasteiger partial charge in [0.15, 0.2) is 23.1 Å². The first-order valence-electron chi connectivity index (χ1n) is 18.0. The number of hydrogen-bond donors (Lipinski definition) is 2. The maximum Gasteiger partial charge on any atom is 0.262 e. The summed E-state index contributed by atoms with van der Waals surface area (Å²) >= 11 is 0. The van der Waals surface area contributed by atoms with Gasteiger partial charge in [0.2, 0.25) is 11.8 Å². The molecule has 0 aliphatic carbocycles. The molecule has 52 heavy (non-hydrogen) atoms. The Kier molecular flexibility index (Phi) is 13.8. The minimum Gasteiger partial charge on any atom is -0.493 e. The fourth-order valence-electron chi connectivity index (χ4n) is 6.07. The monoisotopic (exact) mass is 713 g/mol. The number of benzene rings is 3. The van der Waals surface area contributed by atoms with Crippen molar-refractivity contribution in [3.63, 3.8) is 0 Å². The number of amides is 1. The molecule has 4 aromatic rings. The Morgan fingerprint density at radius 3 is 2.33 bits per heavy atom. The van der Waals surface area contributed by atoms with E-state index in [1.165, 1.54) is 12.3 Å². The van der Waals surface area contributed by atoms with Crippen molar-refractivity contribution in [2.45, 2.75) is 40.0 Å². The number of ether oxygens (including phenoxy) is 3. The molecule has 1 aromatic heterocycles. The first kappa shape index (κ1) is 38.5. The molecule has 0 unspecified atom stereocenters. The van der Waals surface area contributed by atoms with Crippen LogP contribution < -0.4 is 24.8 Å². The highest BCUT2D eigenvalue weighted by molar-refractivity contribution is 6.06. The van der Waals surface area contributed by atoms with Crippen molar-refractivity contribution < 1.29 is 23.4 Å². The molecule has 1 fully saturated rings. The molecule has 1 saturated heterocycles. The Morgan fingerprint density at radius 2 is 1.65 bits per heavy atom. The second-order valence-electron chi connectivity index (χ2n) is 13.4. The largest absolute Gasteiger partial charge is 0.493 e. The predicted octanol–water partition coefficient (Wildman–Crippen LogP) is 6.93. The number of para-hydroxylation sites is 1. The molecular weight excluding hydrogens is 661 g/mol. The highest BCUT2D eigenvalue weighted by Crippen LogP contribution is 2.34. The van der Waals surface area contributed by atoms with E-state index in [2.05, 4.69) is 56.3 Å². The number of carbonyl (C=O) groups is 1. The van der Waals surface area contributed by atoms with E-state index < -0.39 is 11.7 Å². The fourth-order valence-corrected chi connectivity index (χ4v) is 6.07. The zero-order valence-corrected chi connectivity index (χ0v) is 31.3. The van der Waals surface area contributed by atoms with Crippen LogP contribution in [0.15, 0.2) is 60.8 Å². The van der Waals surface area contributed by atoms with Crippen LogP contribution in [0.4, 0.5) is 21.7 Å². The van der Waals surface area contributed by atoms with Gasteiger partial charge in [0.1, 0.15) is 5.56 Å². The van der Waals surface area contributed by atoms with Gasteiger partial charge in [-0.15, -0.1) is 0 Å². The number of halogens is 1. The first-order valence-corrected chi connectivity index (χ1v) is 18.0. The third-order valence-corrected chi connectivity index (χ3v) is 9.08. The van der Waals surface area contributed by atoms with E-state index >= 15 is 4.39 Å². The lowest BCUT2D eigenvalue weighted by Crippen LogP contribution is -2.48. The lowest BCUT2D eigenvalue weighted by molar-refractivity contribution is 0.102. The lowest BCUT2D eigenvalue weighted by Gasteiger charge is -2.35. The molecule has 0 spiro atoms. The van der Waals surface area contributed by atoms with Crippen molar-refractivity contribution in [1.82, 2.24) is 24.7 Å². The van der Waals surface area contributed by atoms with Crippen LogP contribution in [0.25, 0.3) is 0 Å². The summed E-state index contributed by atoms with van der Waals surface area (Å²) in [6.07, 6.45) is 4.07. The van der Waals surface area contributed by atoms with Gasteiger partial charge < -0.3 is 34.6 Å². The second-order valence-corrected chi connectivity index (χ2v) is 13.4.